The maximum absolute atomic E-state index is 11.5. The van der Waals surface area contributed by atoms with Gasteiger partial charge in [-0.15, -0.1) is 0 Å². The van der Waals surface area contributed by atoms with Crippen LogP contribution >= 0.6 is 0 Å². The normalized spacial score (nSPS) is 12.2. The minimum atomic E-state index is -1.23. The predicted octanol–water partition coefficient (Wildman–Crippen LogP) is 0.727. The molecule has 0 fully saturated rings. The van der Waals surface area contributed by atoms with Gasteiger partial charge in [0.25, 0.3) is 0 Å². The minimum absolute atomic E-state index is 0.0192. The van der Waals surface area contributed by atoms with Crippen molar-refractivity contribution >= 4 is 18.2 Å². The Morgan fingerprint density at radius 2 is 1.73 bits per heavy atom. The fraction of sp³-hybridized carbons (Fsp3) is 0.769. The molecule has 22 heavy (non-hydrogen) atoms. The predicted molar refractivity (Wildman–Crippen MR) is 76.6 cm³/mol. The topological polar surface area (TPSA) is 123 Å². The maximum Gasteiger partial charge on any atom is 0.407 e. The van der Waals surface area contributed by atoms with Crippen LogP contribution in [0.5, 0.6) is 0 Å². The average molecular weight is 320 g/mol. The van der Waals surface area contributed by atoms with Gasteiger partial charge in [0.15, 0.2) is 0 Å². The summed E-state index contributed by atoms with van der Waals surface area (Å²) in [6.07, 6.45) is -2.62. The van der Waals surface area contributed by atoms with Gasteiger partial charge in [0.1, 0.15) is 12.2 Å². The number of nitrogens with one attached hydrogen (secondary N) is 2. The van der Waals surface area contributed by atoms with E-state index in [0.717, 1.165) is 0 Å². The van der Waals surface area contributed by atoms with E-state index in [1.807, 2.05) is 0 Å². The molecule has 9 heteroatoms. The third-order valence-corrected chi connectivity index (χ3v) is 2.10. The van der Waals surface area contributed by atoms with Crippen molar-refractivity contribution in [2.75, 3.05) is 26.3 Å². The fourth-order valence-electron chi connectivity index (χ4n) is 1.29. The first-order chi connectivity index (χ1) is 10.1. The number of esters is 1. The molecule has 9 nitrogen and oxygen atoms in total. The summed E-state index contributed by atoms with van der Waals surface area (Å²) in [4.78, 5) is 33.2. The summed E-state index contributed by atoms with van der Waals surface area (Å²) in [5.74, 6) is -0.569. The highest BCUT2D eigenvalue weighted by Gasteiger charge is 2.19. The van der Waals surface area contributed by atoms with Crippen LogP contribution < -0.4 is 10.6 Å². The zero-order valence-corrected chi connectivity index (χ0v) is 13.3. The molecule has 128 valence electrons. The molecule has 0 radical (unpaired) electrons. The van der Waals surface area contributed by atoms with E-state index in [0.29, 0.717) is 0 Å². The number of amides is 2. The molecular weight excluding hydrogens is 296 g/mol. The standard InChI is InChI=1S/C13H24N2O7/c1-5-20-10(16)8-21-9(6-14-11(17)18)7-15-12(19)22-13(2,3)4/h9,14H,5-8H2,1-4H3,(H,15,19)(H,17,18). The third kappa shape index (κ3) is 11.8. The molecule has 0 bridgehead atoms. The van der Waals surface area contributed by atoms with Gasteiger partial charge in [-0.3, -0.25) is 0 Å². The van der Waals surface area contributed by atoms with E-state index < -0.39 is 29.9 Å². The highest BCUT2D eigenvalue weighted by molar-refractivity contribution is 5.70. The van der Waals surface area contributed by atoms with Crippen LogP contribution in [0.25, 0.3) is 0 Å². The van der Waals surface area contributed by atoms with E-state index in [-0.39, 0.29) is 26.3 Å². The van der Waals surface area contributed by atoms with Gasteiger partial charge in [-0.05, 0) is 27.7 Å². The van der Waals surface area contributed by atoms with Crippen LogP contribution in [0, 0.1) is 0 Å². The zero-order chi connectivity index (χ0) is 17.2. The van der Waals surface area contributed by atoms with Crippen molar-refractivity contribution in [2.24, 2.45) is 0 Å². The second-order valence-electron chi connectivity index (χ2n) is 5.31. The third-order valence-electron chi connectivity index (χ3n) is 2.10. The number of alkyl carbamates (subject to hydrolysis) is 1. The van der Waals surface area contributed by atoms with Crippen molar-refractivity contribution in [3.63, 3.8) is 0 Å². The SMILES string of the molecule is CCOC(=O)COC(CNC(=O)O)CNC(=O)OC(C)(C)C. The highest BCUT2D eigenvalue weighted by Crippen LogP contribution is 2.06. The lowest BCUT2D eigenvalue weighted by Crippen LogP contribution is -2.43. The van der Waals surface area contributed by atoms with E-state index in [2.05, 4.69) is 10.6 Å². The Hall–Kier alpha value is -2.03. The summed E-state index contributed by atoms with van der Waals surface area (Å²) in [6.45, 7) is 6.57. The van der Waals surface area contributed by atoms with Gasteiger partial charge in [0.05, 0.1) is 12.7 Å². The zero-order valence-electron chi connectivity index (χ0n) is 13.3. The number of carbonyl (C=O) groups is 3. The van der Waals surface area contributed by atoms with Crippen molar-refractivity contribution in [2.45, 2.75) is 39.4 Å². The summed E-state index contributed by atoms with van der Waals surface area (Å²) in [7, 11) is 0. The van der Waals surface area contributed by atoms with Crippen LogP contribution in [0.3, 0.4) is 0 Å². The Kier molecular flexibility index (Phi) is 8.92. The number of hydrogen-bond acceptors (Lipinski definition) is 6. The van der Waals surface area contributed by atoms with E-state index >= 15 is 0 Å². The second-order valence-corrected chi connectivity index (χ2v) is 5.31. The molecule has 0 aromatic rings. The minimum Gasteiger partial charge on any atom is -0.465 e. The molecule has 1 atom stereocenters. The van der Waals surface area contributed by atoms with Crippen molar-refractivity contribution in [3.8, 4) is 0 Å². The van der Waals surface area contributed by atoms with Crippen molar-refractivity contribution < 1.29 is 33.7 Å². The van der Waals surface area contributed by atoms with Gasteiger partial charge in [-0.2, -0.15) is 0 Å². The molecule has 1 unspecified atom stereocenters. The molecule has 0 rings (SSSR count). The van der Waals surface area contributed by atoms with Crippen LogP contribution in [-0.2, 0) is 19.0 Å². The van der Waals surface area contributed by atoms with Gasteiger partial charge >= 0.3 is 18.2 Å². The molecular formula is C13H24N2O7. The molecule has 0 aromatic heterocycles. The molecule has 0 aliphatic heterocycles. The number of rotatable bonds is 8. The Morgan fingerprint density at radius 1 is 1.14 bits per heavy atom. The quantitative estimate of drug-likeness (QED) is 0.563. The monoisotopic (exact) mass is 320 g/mol. The molecule has 0 spiro atoms. The van der Waals surface area contributed by atoms with Crippen LogP contribution in [0.2, 0.25) is 0 Å². The van der Waals surface area contributed by atoms with Crippen LogP contribution in [0.1, 0.15) is 27.7 Å². The van der Waals surface area contributed by atoms with Crippen LogP contribution in [0.4, 0.5) is 9.59 Å². The van der Waals surface area contributed by atoms with Gasteiger partial charge in [0, 0.05) is 13.1 Å². The van der Waals surface area contributed by atoms with Crippen molar-refractivity contribution in [3.05, 3.63) is 0 Å². The summed E-state index contributed by atoms with van der Waals surface area (Å²) >= 11 is 0. The fourth-order valence-corrected chi connectivity index (χ4v) is 1.29. The largest absolute Gasteiger partial charge is 0.465 e. The number of carbonyl (C=O) groups excluding carboxylic acids is 2. The first kappa shape index (κ1) is 20.0. The van der Waals surface area contributed by atoms with Gasteiger partial charge in [-0.1, -0.05) is 0 Å². The van der Waals surface area contributed by atoms with E-state index in [9.17, 15) is 14.4 Å². The van der Waals surface area contributed by atoms with Crippen LogP contribution in [0.15, 0.2) is 0 Å². The molecule has 2 amide bonds. The highest BCUT2D eigenvalue weighted by atomic mass is 16.6. The van der Waals surface area contributed by atoms with E-state index in [1.165, 1.54) is 0 Å². The molecule has 3 N–H and O–H groups in total. The summed E-state index contributed by atoms with van der Waals surface area (Å²) in [6, 6.07) is 0. The smallest absolute Gasteiger partial charge is 0.407 e. The summed E-state index contributed by atoms with van der Waals surface area (Å²) in [5.41, 5.74) is -0.648. The lowest BCUT2D eigenvalue weighted by molar-refractivity contribution is -0.150. The molecule has 0 aliphatic rings. The Balaban J connectivity index is 4.31. The van der Waals surface area contributed by atoms with Gasteiger partial charge in [0.2, 0.25) is 0 Å². The number of carboxylic acid groups (broad SMARTS) is 1. The summed E-state index contributed by atoms with van der Waals surface area (Å²) in [5, 5.41) is 13.2. The van der Waals surface area contributed by atoms with Crippen molar-refractivity contribution in [1.82, 2.24) is 10.6 Å². The average Bonchev–Trinajstić information content (AvgIpc) is 2.35. The molecule has 0 aliphatic carbocycles. The molecule has 0 heterocycles. The number of hydrogen-bond donors (Lipinski definition) is 3. The second kappa shape index (κ2) is 9.82. The van der Waals surface area contributed by atoms with Crippen molar-refractivity contribution in [1.29, 1.82) is 0 Å². The lowest BCUT2D eigenvalue weighted by atomic mass is 10.2. The maximum atomic E-state index is 11.5. The lowest BCUT2D eigenvalue weighted by Gasteiger charge is -2.22. The Bertz CT molecular complexity index is 379. The van der Waals surface area contributed by atoms with Gasteiger partial charge < -0.3 is 30.0 Å². The Morgan fingerprint density at radius 3 is 2.23 bits per heavy atom. The first-order valence-electron chi connectivity index (χ1n) is 6.85. The number of ether oxygens (including phenoxy) is 3. The van der Waals surface area contributed by atoms with E-state index in [4.69, 9.17) is 19.3 Å². The first-order valence-corrected chi connectivity index (χ1v) is 6.85. The molecule has 0 saturated heterocycles. The summed E-state index contributed by atoms with van der Waals surface area (Å²) < 4.78 is 15.0. The van der Waals surface area contributed by atoms with Gasteiger partial charge in [-0.25, -0.2) is 14.4 Å². The Labute approximate surface area is 129 Å². The molecule has 0 saturated carbocycles. The molecule has 0 aromatic carbocycles. The van der Waals surface area contributed by atoms with Crippen LogP contribution in [-0.4, -0.2) is 61.3 Å². The van der Waals surface area contributed by atoms with E-state index in [1.54, 1.807) is 27.7 Å².